The van der Waals surface area contributed by atoms with E-state index in [2.05, 4.69) is 18.5 Å². The van der Waals surface area contributed by atoms with Crippen LogP contribution < -0.4 is 10.3 Å². The maximum absolute atomic E-state index is 12.9. The quantitative estimate of drug-likeness (QED) is 0.279. The summed E-state index contributed by atoms with van der Waals surface area (Å²) < 4.78 is 11.6. The summed E-state index contributed by atoms with van der Waals surface area (Å²) in [5.41, 5.74) is 3.59. The van der Waals surface area contributed by atoms with Gasteiger partial charge in [-0.05, 0) is 54.0 Å². The van der Waals surface area contributed by atoms with Gasteiger partial charge < -0.3 is 9.47 Å². The van der Waals surface area contributed by atoms with Crippen LogP contribution in [0.5, 0.6) is 11.6 Å². The first-order chi connectivity index (χ1) is 18.0. The van der Waals surface area contributed by atoms with Crippen molar-refractivity contribution in [2.24, 2.45) is 5.92 Å². The fourth-order valence-corrected chi connectivity index (χ4v) is 5.03. The van der Waals surface area contributed by atoms with Crippen LogP contribution in [0.4, 0.5) is 0 Å². The Morgan fingerprint density at radius 2 is 1.65 bits per heavy atom. The molecule has 1 fully saturated rings. The van der Waals surface area contributed by atoms with Crippen LogP contribution in [-0.2, 0) is 4.74 Å². The van der Waals surface area contributed by atoms with E-state index >= 15 is 0 Å². The maximum Gasteiger partial charge on any atom is 0.258 e. The Balaban J connectivity index is 1.31. The summed E-state index contributed by atoms with van der Waals surface area (Å²) in [4.78, 5) is 28.3. The van der Waals surface area contributed by atoms with Crippen LogP contribution in [0.15, 0.2) is 84.2 Å². The van der Waals surface area contributed by atoms with Gasteiger partial charge in [-0.1, -0.05) is 74.2 Å². The van der Waals surface area contributed by atoms with Crippen molar-refractivity contribution >= 4 is 22.6 Å². The molecule has 2 unspecified atom stereocenters. The highest BCUT2D eigenvalue weighted by atomic mass is 16.5. The molecule has 5 rings (SSSR count). The Labute approximate surface area is 216 Å². The van der Waals surface area contributed by atoms with E-state index in [1.807, 2.05) is 66.7 Å². The van der Waals surface area contributed by atoms with Gasteiger partial charge >= 0.3 is 0 Å². The molecule has 0 spiro atoms. The second kappa shape index (κ2) is 11.0. The Bertz CT molecular complexity index is 1460. The van der Waals surface area contributed by atoms with Gasteiger partial charge in [0.1, 0.15) is 5.75 Å². The largest absolute Gasteiger partial charge is 0.440 e. The number of H-pyrrole nitrogens is 1. The lowest BCUT2D eigenvalue weighted by molar-refractivity contribution is 0.0893. The first kappa shape index (κ1) is 24.7. The third-order valence-electron chi connectivity index (χ3n) is 7.26. The first-order valence-corrected chi connectivity index (χ1v) is 12.8. The Kier molecular flexibility index (Phi) is 7.33. The second-order valence-electron chi connectivity index (χ2n) is 9.57. The van der Waals surface area contributed by atoms with Crippen LogP contribution in [0.1, 0.15) is 59.2 Å². The summed E-state index contributed by atoms with van der Waals surface area (Å²) in [6.07, 6.45) is 4.33. The zero-order chi connectivity index (χ0) is 25.8. The lowest BCUT2D eigenvalue weighted by Crippen LogP contribution is -2.15. The number of benzene rings is 3. The van der Waals surface area contributed by atoms with Crippen LogP contribution in [-0.4, -0.2) is 24.0 Å². The number of Topliss-reactive ketones (excluding diaryl/α,β-unsaturated/α-hetero) is 1. The smallest absolute Gasteiger partial charge is 0.258 e. The van der Waals surface area contributed by atoms with Crippen LogP contribution in [0.25, 0.3) is 16.8 Å². The predicted molar refractivity (Wildman–Crippen MR) is 148 cm³/mol. The van der Waals surface area contributed by atoms with E-state index in [4.69, 9.17) is 9.47 Å². The van der Waals surface area contributed by atoms with Crippen LogP contribution >= 0.6 is 0 Å². The van der Waals surface area contributed by atoms with E-state index in [9.17, 15) is 9.59 Å². The lowest BCUT2D eigenvalue weighted by atomic mass is 9.88. The van der Waals surface area contributed by atoms with Gasteiger partial charge in [0.2, 0.25) is 5.88 Å². The minimum atomic E-state index is -0.198. The van der Waals surface area contributed by atoms with Crippen molar-refractivity contribution in [2.75, 3.05) is 13.2 Å². The highest BCUT2D eigenvalue weighted by Gasteiger charge is 2.22. The molecular weight excluding hydrogens is 462 g/mol. The Morgan fingerprint density at radius 1 is 0.973 bits per heavy atom. The van der Waals surface area contributed by atoms with Crippen molar-refractivity contribution in [3.05, 3.63) is 112 Å². The zero-order valence-corrected chi connectivity index (χ0v) is 21.0. The molecule has 0 saturated carbocycles. The third-order valence-corrected chi connectivity index (χ3v) is 7.26. The molecule has 0 amide bonds. The number of ether oxygens (including phenoxy) is 2. The standard InChI is InChI=1S/C32H31NO4/c1-3-27-28-8-4-5-9-29(28)31(35)33-32(27)37-26-16-14-23(15-17-26)21(2)22-10-12-25(13-11-22)30(34)24-7-6-19-36-20-18-24/h3-5,8-17,21,24H,1,6-7,18-20H2,2H3,(H,33,35). The van der Waals surface area contributed by atoms with Crippen molar-refractivity contribution in [1.29, 1.82) is 0 Å². The summed E-state index contributed by atoms with van der Waals surface area (Å²) in [7, 11) is 0. The monoisotopic (exact) mass is 493 g/mol. The summed E-state index contributed by atoms with van der Waals surface area (Å²) in [6.45, 7) is 7.46. The molecule has 5 nitrogen and oxygen atoms in total. The molecule has 0 aliphatic carbocycles. The highest BCUT2D eigenvalue weighted by molar-refractivity contribution is 5.98. The number of aromatic amines is 1. The lowest BCUT2D eigenvalue weighted by Gasteiger charge is -2.16. The molecule has 37 heavy (non-hydrogen) atoms. The third kappa shape index (κ3) is 5.27. The topological polar surface area (TPSA) is 68.4 Å². The van der Waals surface area contributed by atoms with Gasteiger partial charge in [0.15, 0.2) is 5.78 Å². The number of carbonyl (C=O) groups is 1. The number of fused-ring (bicyclic) bond motifs is 1. The zero-order valence-electron chi connectivity index (χ0n) is 21.0. The summed E-state index contributed by atoms with van der Waals surface area (Å²) >= 11 is 0. The molecule has 1 aliphatic rings. The molecule has 0 bridgehead atoms. The summed E-state index contributed by atoms with van der Waals surface area (Å²) in [6, 6.07) is 23.3. The van der Waals surface area contributed by atoms with Gasteiger partial charge in [-0.3, -0.25) is 14.6 Å². The van der Waals surface area contributed by atoms with E-state index in [-0.39, 0.29) is 23.2 Å². The molecule has 1 saturated heterocycles. The molecule has 4 aromatic rings. The molecule has 188 valence electrons. The molecule has 1 aliphatic heterocycles. The number of hydrogen-bond donors (Lipinski definition) is 1. The van der Waals surface area contributed by atoms with Crippen molar-refractivity contribution in [3.8, 4) is 11.6 Å². The number of pyridine rings is 1. The van der Waals surface area contributed by atoms with E-state index in [0.29, 0.717) is 23.6 Å². The van der Waals surface area contributed by atoms with E-state index in [1.165, 1.54) is 0 Å². The predicted octanol–water partition coefficient (Wildman–Crippen LogP) is 7.11. The van der Waals surface area contributed by atoms with E-state index in [0.717, 1.165) is 53.5 Å². The molecule has 2 atom stereocenters. The average molecular weight is 494 g/mol. The van der Waals surface area contributed by atoms with Crippen molar-refractivity contribution in [3.63, 3.8) is 0 Å². The first-order valence-electron chi connectivity index (χ1n) is 12.8. The van der Waals surface area contributed by atoms with Crippen molar-refractivity contribution < 1.29 is 14.3 Å². The Hall–Kier alpha value is -3.96. The molecule has 5 heteroatoms. The van der Waals surface area contributed by atoms with Crippen LogP contribution in [0, 0.1) is 5.92 Å². The normalized spacial score (nSPS) is 16.6. The fourth-order valence-electron chi connectivity index (χ4n) is 5.03. The van der Waals surface area contributed by atoms with Gasteiger partial charge in [-0.2, -0.15) is 0 Å². The second-order valence-corrected chi connectivity index (χ2v) is 9.57. The van der Waals surface area contributed by atoms with E-state index < -0.39 is 0 Å². The molecule has 3 aromatic carbocycles. The number of nitrogens with one attached hydrogen (secondary N) is 1. The van der Waals surface area contributed by atoms with Crippen molar-refractivity contribution in [1.82, 2.24) is 4.98 Å². The number of aromatic nitrogens is 1. The van der Waals surface area contributed by atoms with Gasteiger partial charge in [-0.25, -0.2) is 0 Å². The SMILES string of the molecule is C=Cc1c(Oc2ccc(C(C)c3ccc(C(=O)C4CCCOCC4)cc3)cc2)[nH]c(=O)c2ccccc12. The molecule has 0 radical (unpaired) electrons. The number of hydrogen-bond acceptors (Lipinski definition) is 4. The van der Waals surface area contributed by atoms with E-state index in [1.54, 1.807) is 12.1 Å². The Morgan fingerprint density at radius 3 is 2.35 bits per heavy atom. The molecule has 1 N–H and O–H groups in total. The number of ketones is 1. The summed E-state index contributed by atoms with van der Waals surface area (Å²) in [5, 5.41) is 1.40. The molecular formula is C32H31NO4. The van der Waals surface area contributed by atoms with Gasteiger partial charge in [-0.15, -0.1) is 0 Å². The summed E-state index contributed by atoms with van der Waals surface area (Å²) in [5.74, 6) is 1.42. The molecule has 1 aromatic heterocycles. The van der Waals surface area contributed by atoms with Gasteiger partial charge in [0.25, 0.3) is 5.56 Å². The number of carbonyl (C=O) groups excluding carboxylic acids is 1. The van der Waals surface area contributed by atoms with Crippen molar-refractivity contribution in [2.45, 2.75) is 32.1 Å². The highest BCUT2D eigenvalue weighted by Crippen LogP contribution is 2.31. The minimum absolute atomic E-state index is 0.0532. The maximum atomic E-state index is 12.9. The molecule has 2 heterocycles. The van der Waals surface area contributed by atoms with Gasteiger partial charge in [0.05, 0.1) is 0 Å². The van der Waals surface area contributed by atoms with Crippen LogP contribution in [0.3, 0.4) is 0 Å². The van der Waals surface area contributed by atoms with Crippen LogP contribution in [0.2, 0.25) is 0 Å². The fraction of sp³-hybridized carbons (Fsp3) is 0.250. The minimum Gasteiger partial charge on any atom is -0.440 e. The average Bonchev–Trinajstić information content (AvgIpc) is 3.23. The number of rotatable bonds is 7. The van der Waals surface area contributed by atoms with Gasteiger partial charge in [0, 0.05) is 41.6 Å².